The van der Waals surface area contributed by atoms with Crippen LogP contribution in [0.1, 0.15) is 103 Å². The smallest absolute Gasteiger partial charge is 0.219 e. The number of hydrogen-bond acceptors (Lipinski definition) is 4. The second-order valence-corrected chi connectivity index (χ2v) is 10.9. The van der Waals surface area contributed by atoms with Crippen LogP contribution in [0.25, 0.3) is 0 Å². The number of hydrogen-bond donors (Lipinski definition) is 1. The highest BCUT2D eigenvalue weighted by Gasteiger charge is 2.14. The maximum atomic E-state index is 11.9. The molecule has 0 saturated heterocycles. The molecule has 0 atom stereocenters. The molecule has 0 rings (SSSR count). The summed E-state index contributed by atoms with van der Waals surface area (Å²) in [6, 6.07) is 0. The molecule has 0 spiro atoms. The van der Waals surface area contributed by atoms with E-state index in [1.54, 1.807) is 0 Å². The summed E-state index contributed by atoms with van der Waals surface area (Å²) in [5.74, 6) is -0.126. The third kappa shape index (κ3) is 22.0. The minimum Gasteiger partial charge on any atom is -0.748 e. The van der Waals surface area contributed by atoms with Gasteiger partial charge in [-0.2, -0.15) is 0 Å². The molecule has 0 aliphatic heterocycles. The average molecular weight is 449 g/mol. The maximum absolute atomic E-state index is 11.9. The molecule has 0 aliphatic rings. The zero-order chi connectivity index (χ0) is 22.7. The molecule has 0 heterocycles. The van der Waals surface area contributed by atoms with Crippen LogP contribution in [-0.2, 0) is 14.9 Å². The van der Waals surface area contributed by atoms with E-state index in [2.05, 4.69) is 26.3 Å². The van der Waals surface area contributed by atoms with Gasteiger partial charge in [-0.25, -0.2) is 8.42 Å². The fourth-order valence-electron chi connectivity index (χ4n) is 3.70. The number of nitrogens with one attached hydrogen (secondary N) is 1. The van der Waals surface area contributed by atoms with Gasteiger partial charge in [0.05, 0.1) is 37.3 Å². The molecule has 0 aromatic carbocycles. The summed E-state index contributed by atoms with van der Waals surface area (Å²) >= 11 is 0. The Morgan fingerprint density at radius 3 is 1.80 bits per heavy atom. The molecular weight excluding hydrogens is 400 g/mol. The molecule has 0 fully saturated rings. The molecule has 1 N–H and O–H groups in total. The molecule has 0 aromatic rings. The molecule has 0 radical (unpaired) electrons. The minimum atomic E-state index is -4.10. The van der Waals surface area contributed by atoms with Crippen molar-refractivity contribution in [1.82, 2.24) is 5.32 Å². The zero-order valence-electron chi connectivity index (χ0n) is 19.9. The van der Waals surface area contributed by atoms with E-state index in [0.29, 0.717) is 19.4 Å². The lowest BCUT2D eigenvalue weighted by molar-refractivity contribution is -0.890. The summed E-state index contributed by atoms with van der Waals surface area (Å²) in [5, 5.41) is 3.01. The fraction of sp³-hybridized carbons (Fsp3) is 0.957. The van der Waals surface area contributed by atoms with Gasteiger partial charge < -0.3 is 14.4 Å². The standard InChI is InChI=1S/C23H48N2O4S/c1-4-5-6-7-8-9-10-11-12-13-14-18-23(26)24-19-17-21-25(2,3)20-15-16-22-30(27,28)29/h4-22H2,1-3H3,(H-,24,26,27,28,29). The first-order valence-corrected chi connectivity index (χ1v) is 13.8. The second-order valence-electron chi connectivity index (χ2n) is 9.34. The molecule has 0 aliphatic carbocycles. The predicted octanol–water partition coefficient (Wildman–Crippen LogP) is 4.60. The van der Waals surface area contributed by atoms with Crippen molar-refractivity contribution in [2.24, 2.45) is 0 Å². The van der Waals surface area contributed by atoms with Gasteiger partial charge >= 0.3 is 0 Å². The van der Waals surface area contributed by atoms with Gasteiger partial charge in [0, 0.05) is 25.1 Å². The van der Waals surface area contributed by atoms with E-state index in [0.717, 1.165) is 43.3 Å². The van der Waals surface area contributed by atoms with Crippen LogP contribution < -0.4 is 5.32 Å². The molecule has 7 heteroatoms. The lowest BCUT2D eigenvalue weighted by Crippen LogP contribution is -2.42. The van der Waals surface area contributed by atoms with Crippen LogP contribution in [0, 0.1) is 0 Å². The Morgan fingerprint density at radius 2 is 1.27 bits per heavy atom. The number of carbonyl (C=O) groups excluding carboxylic acids is 1. The Bertz CT molecular complexity index is 521. The van der Waals surface area contributed by atoms with Crippen molar-refractivity contribution in [2.75, 3.05) is 39.5 Å². The van der Waals surface area contributed by atoms with E-state index in [1.165, 1.54) is 57.8 Å². The SMILES string of the molecule is CCCCCCCCCCCCCC(=O)NCCC[N+](C)(C)CCCCS(=O)(=O)[O-]. The van der Waals surface area contributed by atoms with Gasteiger partial charge in [-0.05, 0) is 19.3 Å². The lowest BCUT2D eigenvalue weighted by atomic mass is 10.1. The molecule has 0 unspecified atom stereocenters. The summed E-state index contributed by atoms with van der Waals surface area (Å²) in [4.78, 5) is 11.9. The maximum Gasteiger partial charge on any atom is 0.219 e. The van der Waals surface area contributed by atoms with Crippen molar-refractivity contribution in [3.05, 3.63) is 0 Å². The van der Waals surface area contributed by atoms with Crippen molar-refractivity contribution >= 4 is 16.0 Å². The number of quaternary nitrogens is 1. The van der Waals surface area contributed by atoms with E-state index >= 15 is 0 Å². The van der Waals surface area contributed by atoms with Crippen LogP contribution in [0.15, 0.2) is 0 Å². The molecule has 0 saturated carbocycles. The quantitative estimate of drug-likeness (QED) is 0.158. The van der Waals surface area contributed by atoms with E-state index in [4.69, 9.17) is 0 Å². The highest BCUT2D eigenvalue weighted by Crippen LogP contribution is 2.12. The summed E-state index contributed by atoms with van der Waals surface area (Å²) in [6.45, 7) is 4.69. The number of rotatable bonds is 21. The summed E-state index contributed by atoms with van der Waals surface area (Å²) in [5.41, 5.74) is 0. The Hall–Kier alpha value is -0.660. The third-order valence-corrected chi connectivity index (χ3v) is 6.47. The van der Waals surface area contributed by atoms with Crippen molar-refractivity contribution in [1.29, 1.82) is 0 Å². The number of carbonyl (C=O) groups is 1. The van der Waals surface area contributed by atoms with Crippen LogP contribution >= 0.6 is 0 Å². The van der Waals surface area contributed by atoms with E-state index in [9.17, 15) is 17.8 Å². The van der Waals surface area contributed by atoms with Crippen molar-refractivity contribution in [2.45, 2.75) is 103 Å². The Labute approximate surface area is 186 Å². The molecule has 30 heavy (non-hydrogen) atoms. The van der Waals surface area contributed by atoms with Gasteiger partial charge in [0.15, 0.2) is 0 Å². The van der Waals surface area contributed by atoms with Crippen LogP contribution in [0.3, 0.4) is 0 Å². The van der Waals surface area contributed by atoms with Gasteiger partial charge in [0.25, 0.3) is 0 Å². The van der Waals surface area contributed by atoms with Crippen molar-refractivity contribution < 1.29 is 22.2 Å². The normalized spacial score (nSPS) is 12.3. The predicted molar refractivity (Wildman–Crippen MR) is 124 cm³/mol. The highest BCUT2D eigenvalue weighted by molar-refractivity contribution is 7.85. The van der Waals surface area contributed by atoms with Crippen LogP contribution in [-0.4, -0.2) is 62.8 Å². The first-order valence-electron chi connectivity index (χ1n) is 12.2. The number of nitrogens with zero attached hydrogens (tertiary/aromatic N) is 1. The molecule has 6 nitrogen and oxygen atoms in total. The Balaban J connectivity index is 3.50. The second kappa shape index (κ2) is 18.0. The summed E-state index contributed by atoms with van der Waals surface area (Å²) in [7, 11) is 0.0950. The minimum absolute atomic E-state index is 0.150. The number of amides is 1. The first-order chi connectivity index (χ1) is 14.2. The van der Waals surface area contributed by atoms with Gasteiger partial charge in [-0.15, -0.1) is 0 Å². The van der Waals surface area contributed by atoms with E-state index in [-0.39, 0.29) is 11.7 Å². The van der Waals surface area contributed by atoms with Gasteiger partial charge in [0.2, 0.25) is 5.91 Å². The Morgan fingerprint density at radius 1 is 0.767 bits per heavy atom. The Kier molecular flexibility index (Phi) is 17.6. The van der Waals surface area contributed by atoms with Crippen LogP contribution in [0.4, 0.5) is 0 Å². The monoisotopic (exact) mass is 448 g/mol. The van der Waals surface area contributed by atoms with E-state index < -0.39 is 10.1 Å². The molecular formula is C23H48N2O4S. The van der Waals surface area contributed by atoms with Gasteiger partial charge in [-0.3, -0.25) is 4.79 Å². The van der Waals surface area contributed by atoms with Crippen molar-refractivity contribution in [3.8, 4) is 0 Å². The number of unbranched alkanes of at least 4 members (excludes halogenated alkanes) is 11. The fourth-order valence-corrected chi connectivity index (χ4v) is 4.26. The van der Waals surface area contributed by atoms with Crippen molar-refractivity contribution in [3.63, 3.8) is 0 Å². The van der Waals surface area contributed by atoms with Gasteiger partial charge in [0.1, 0.15) is 0 Å². The highest BCUT2D eigenvalue weighted by atomic mass is 32.2. The van der Waals surface area contributed by atoms with Gasteiger partial charge in [-0.1, -0.05) is 71.1 Å². The third-order valence-electron chi connectivity index (χ3n) is 5.68. The average Bonchev–Trinajstić information content (AvgIpc) is 2.66. The zero-order valence-corrected chi connectivity index (χ0v) is 20.7. The van der Waals surface area contributed by atoms with Crippen LogP contribution in [0.5, 0.6) is 0 Å². The topological polar surface area (TPSA) is 86.3 Å². The molecule has 0 bridgehead atoms. The lowest BCUT2D eigenvalue weighted by Gasteiger charge is -2.30. The molecule has 0 aromatic heterocycles. The molecule has 180 valence electrons. The van der Waals surface area contributed by atoms with Crippen LogP contribution in [0.2, 0.25) is 0 Å². The summed E-state index contributed by atoms with van der Waals surface area (Å²) in [6.07, 6.45) is 16.8. The van der Waals surface area contributed by atoms with E-state index in [1.807, 2.05) is 0 Å². The summed E-state index contributed by atoms with van der Waals surface area (Å²) < 4.78 is 32.6. The first kappa shape index (κ1) is 29.3. The molecule has 1 amide bonds. The largest absolute Gasteiger partial charge is 0.748 e.